The highest BCUT2D eigenvalue weighted by Gasteiger charge is 2.31. The Labute approximate surface area is 119 Å². The minimum absolute atomic E-state index is 0.214. The lowest BCUT2D eigenvalue weighted by Gasteiger charge is -2.30. The van der Waals surface area contributed by atoms with E-state index in [2.05, 4.69) is 5.32 Å². The molecule has 5 heteroatoms. The van der Waals surface area contributed by atoms with Crippen LogP contribution in [0.3, 0.4) is 0 Å². The quantitative estimate of drug-likeness (QED) is 0.630. The first kappa shape index (κ1) is 16.6. The van der Waals surface area contributed by atoms with E-state index in [-0.39, 0.29) is 5.41 Å². The van der Waals surface area contributed by atoms with Crippen LogP contribution in [-0.4, -0.2) is 46.6 Å². The number of carbonyl (C=O) groups is 1. The number of hydrogen-bond acceptors (Lipinski definition) is 4. The van der Waals surface area contributed by atoms with Crippen molar-refractivity contribution in [3.05, 3.63) is 35.4 Å². The topological polar surface area (TPSA) is 89.8 Å². The molecule has 1 amide bonds. The summed E-state index contributed by atoms with van der Waals surface area (Å²) in [6.07, 6.45) is 0. The van der Waals surface area contributed by atoms with E-state index in [9.17, 15) is 20.1 Å². The summed E-state index contributed by atoms with van der Waals surface area (Å²) in [7, 11) is 0. The summed E-state index contributed by atoms with van der Waals surface area (Å²) in [6, 6.07) is 7.16. The number of carbonyl (C=O) groups excluding carboxylic acids is 1. The number of benzene rings is 1. The van der Waals surface area contributed by atoms with Crippen molar-refractivity contribution in [1.82, 2.24) is 5.32 Å². The van der Waals surface area contributed by atoms with Gasteiger partial charge in [0, 0.05) is 5.56 Å². The van der Waals surface area contributed by atoms with Crippen molar-refractivity contribution >= 4 is 5.91 Å². The lowest BCUT2D eigenvalue weighted by molar-refractivity contribution is 0.0374. The number of aliphatic hydroxyl groups is 3. The van der Waals surface area contributed by atoms with Gasteiger partial charge in [-0.05, 0) is 17.0 Å². The fourth-order valence-corrected chi connectivity index (χ4v) is 1.91. The smallest absolute Gasteiger partial charge is 0.252 e. The zero-order valence-electron chi connectivity index (χ0n) is 12.2. The van der Waals surface area contributed by atoms with Crippen LogP contribution < -0.4 is 5.32 Å². The maximum Gasteiger partial charge on any atom is 0.252 e. The van der Waals surface area contributed by atoms with Crippen LogP contribution in [0.5, 0.6) is 0 Å². The third-order valence-corrected chi connectivity index (χ3v) is 3.27. The van der Waals surface area contributed by atoms with Crippen LogP contribution in [0, 0.1) is 0 Å². The molecule has 1 aromatic carbocycles. The molecule has 0 aliphatic heterocycles. The molecule has 5 nitrogen and oxygen atoms in total. The summed E-state index contributed by atoms with van der Waals surface area (Å²) in [6.45, 7) is 4.37. The van der Waals surface area contributed by atoms with Crippen molar-refractivity contribution in [2.45, 2.75) is 31.7 Å². The maximum atomic E-state index is 12.4. The number of amides is 1. The van der Waals surface area contributed by atoms with E-state index >= 15 is 0 Å². The molecule has 4 N–H and O–H groups in total. The Morgan fingerprint density at radius 1 is 1.05 bits per heavy atom. The van der Waals surface area contributed by atoms with E-state index in [1.807, 2.05) is 32.9 Å². The van der Waals surface area contributed by atoms with Gasteiger partial charge in [-0.3, -0.25) is 4.79 Å². The van der Waals surface area contributed by atoms with Crippen molar-refractivity contribution in [3.63, 3.8) is 0 Å². The van der Waals surface area contributed by atoms with Crippen molar-refractivity contribution in [3.8, 4) is 0 Å². The van der Waals surface area contributed by atoms with E-state index in [1.54, 1.807) is 12.1 Å². The van der Waals surface area contributed by atoms with Crippen LogP contribution in [0.2, 0.25) is 0 Å². The normalized spacial score (nSPS) is 12.3. The molecule has 1 aromatic rings. The Morgan fingerprint density at radius 2 is 1.55 bits per heavy atom. The molecule has 0 aliphatic carbocycles. The van der Waals surface area contributed by atoms with Gasteiger partial charge in [-0.15, -0.1) is 0 Å². The number of nitrogens with one attached hydrogen (secondary N) is 1. The summed E-state index contributed by atoms with van der Waals surface area (Å²) in [5, 5.41) is 30.3. The van der Waals surface area contributed by atoms with E-state index < -0.39 is 31.3 Å². The second-order valence-electron chi connectivity index (χ2n) is 6.00. The summed E-state index contributed by atoms with van der Waals surface area (Å²) < 4.78 is 0. The fourth-order valence-electron chi connectivity index (χ4n) is 1.91. The highest BCUT2D eigenvalue weighted by atomic mass is 16.3. The third-order valence-electron chi connectivity index (χ3n) is 3.27. The summed E-state index contributed by atoms with van der Waals surface area (Å²) in [4.78, 5) is 12.4. The summed E-state index contributed by atoms with van der Waals surface area (Å²) >= 11 is 0. The first-order valence-electron chi connectivity index (χ1n) is 6.54. The standard InChI is InChI=1S/C15H23NO4/c1-14(2,3)12-7-5-4-6-11(12)13(20)16-15(8-17,9-18)10-19/h4-7,17-19H,8-10H2,1-3H3,(H,16,20). The Kier molecular flexibility index (Phi) is 5.28. The Hall–Kier alpha value is -1.43. The number of rotatable bonds is 5. The lowest BCUT2D eigenvalue weighted by atomic mass is 9.83. The van der Waals surface area contributed by atoms with Crippen molar-refractivity contribution in [1.29, 1.82) is 0 Å². The minimum atomic E-state index is -1.41. The van der Waals surface area contributed by atoms with Crippen LogP contribution in [0.1, 0.15) is 36.7 Å². The average molecular weight is 281 g/mol. The van der Waals surface area contributed by atoms with Crippen LogP contribution in [0.15, 0.2) is 24.3 Å². The molecule has 0 atom stereocenters. The van der Waals surface area contributed by atoms with Gasteiger partial charge in [0.1, 0.15) is 5.54 Å². The zero-order valence-corrected chi connectivity index (χ0v) is 12.2. The molecule has 0 radical (unpaired) electrons. The molecule has 0 spiro atoms. The Bertz CT molecular complexity index is 453. The zero-order chi connectivity index (χ0) is 15.4. The van der Waals surface area contributed by atoms with Crippen molar-refractivity contribution in [2.75, 3.05) is 19.8 Å². The molecule has 0 bridgehead atoms. The van der Waals surface area contributed by atoms with E-state index in [0.29, 0.717) is 5.56 Å². The van der Waals surface area contributed by atoms with Crippen molar-refractivity contribution in [2.24, 2.45) is 0 Å². The SMILES string of the molecule is CC(C)(C)c1ccccc1C(=O)NC(CO)(CO)CO. The number of aliphatic hydroxyl groups excluding tert-OH is 3. The van der Waals surface area contributed by atoms with Gasteiger partial charge in [-0.2, -0.15) is 0 Å². The number of hydrogen-bond donors (Lipinski definition) is 4. The predicted molar refractivity (Wildman–Crippen MR) is 76.6 cm³/mol. The summed E-state index contributed by atoms with van der Waals surface area (Å²) in [5.74, 6) is -0.423. The Morgan fingerprint density at radius 3 is 2.00 bits per heavy atom. The highest BCUT2D eigenvalue weighted by Crippen LogP contribution is 2.26. The van der Waals surface area contributed by atoms with E-state index in [0.717, 1.165) is 5.56 Å². The second kappa shape index (κ2) is 6.35. The van der Waals surface area contributed by atoms with E-state index in [1.165, 1.54) is 0 Å². The van der Waals surface area contributed by atoms with Gasteiger partial charge < -0.3 is 20.6 Å². The molecular formula is C15H23NO4. The molecule has 0 saturated carbocycles. The van der Waals surface area contributed by atoms with Gasteiger partial charge in [-0.1, -0.05) is 39.0 Å². The predicted octanol–water partition coefficient (Wildman–Crippen LogP) is 0.430. The van der Waals surface area contributed by atoms with Gasteiger partial charge >= 0.3 is 0 Å². The summed E-state index contributed by atoms with van der Waals surface area (Å²) in [5.41, 5.74) is -0.295. The largest absolute Gasteiger partial charge is 0.394 e. The van der Waals surface area contributed by atoms with Crippen molar-refractivity contribution < 1.29 is 20.1 Å². The molecular weight excluding hydrogens is 258 g/mol. The third kappa shape index (κ3) is 3.56. The van der Waals surface area contributed by atoms with Crippen LogP contribution in [-0.2, 0) is 5.41 Å². The Balaban J connectivity index is 3.11. The molecule has 0 heterocycles. The van der Waals surface area contributed by atoms with Gasteiger partial charge in [0.25, 0.3) is 5.91 Å². The van der Waals surface area contributed by atoms with Gasteiger partial charge in [0.05, 0.1) is 19.8 Å². The molecule has 0 saturated heterocycles. The fraction of sp³-hybridized carbons (Fsp3) is 0.533. The molecule has 1 rings (SSSR count). The van der Waals surface area contributed by atoms with Gasteiger partial charge in [-0.25, -0.2) is 0 Å². The monoisotopic (exact) mass is 281 g/mol. The van der Waals surface area contributed by atoms with Crippen LogP contribution in [0.25, 0.3) is 0 Å². The first-order valence-corrected chi connectivity index (χ1v) is 6.54. The molecule has 0 fully saturated rings. The molecule has 0 aliphatic rings. The second-order valence-corrected chi connectivity index (χ2v) is 6.00. The highest BCUT2D eigenvalue weighted by molar-refractivity contribution is 5.96. The minimum Gasteiger partial charge on any atom is -0.394 e. The molecule has 0 aromatic heterocycles. The molecule has 20 heavy (non-hydrogen) atoms. The van der Waals surface area contributed by atoms with E-state index in [4.69, 9.17) is 0 Å². The van der Waals surface area contributed by atoms with Crippen LogP contribution >= 0.6 is 0 Å². The lowest BCUT2D eigenvalue weighted by Crippen LogP contribution is -2.57. The van der Waals surface area contributed by atoms with Gasteiger partial charge in [0.2, 0.25) is 0 Å². The van der Waals surface area contributed by atoms with Crippen LogP contribution in [0.4, 0.5) is 0 Å². The first-order chi connectivity index (χ1) is 9.29. The maximum absolute atomic E-state index is 12.4. The molecule has 112 valence electrons. The van der Waals surface area contributed by atoms with Gasteiger partial charge in [0.15, 0.2) is 0 Å². The average Bonchev–Trinajstić information content (AvgIpc) is 2.44. The molecule has 0 unspecified atom stereocenters.